The fourth-order valence-electron chi connectivity index (χ4n) is 1.57. The van der Waals surface area contributed by atoms with Gasteiger partial charge in [0.25, 0.3) is 0 Å². The van der Waals surface area contributed by atoms with Crippen LogP contribution in [0, 0.1) is 0 Å². The minimum absolute atomic E-state index is 0.499. The lowest BCUT2D eigenvalue weighted by Gasteiger charge is -2.14. The van der Waals surface area contributed by atoms with Gasteiger partial charge in [-0.05, 0) is 53.5 Å². The van der Waals surface area contributed by atoms with Crippen LogP contribution in [0.3, 0.4) is 0 Å². The van der Waals surface area contributed by atoms with Gasteiger partial charge >= 0.3 is 0 Å². The first-order valence-electron chi connectivity index (χ1n) is 6.00. The van der Waals surface area contributed by atoms with Crippen molar-refractivity contribution in [2.45, 2.75) is 13.3 Å². The molecule has 1 rings (SSSR count). The van der Waals surface area contributed by atoms with Crippen LogP contribution >= 0.6 is 15.9 Å². The van der Waals surface area contributed by atoms with Crippen LogP contribution in [0.2, 0.25) is 0 Å². The highest BCUT2D eigenvalue weighted by atomic mass is 79.9. The third kappa shape index (κ3) is 4.48. The summed E-state index contributed by atoms with van der Waals surface area (Å²) in [6, 6.07) is 3.96. The van der Waals surface area contributed by atoms with Crippen molar-refractivity contribution in [2.24, 2.45) is 5.73 Å². The van der Waals surface area contributed by atoms with E-state index in [0.29, 0.717) is 37.9 Å². The van der Waals surface area contributed by atoms with E-state index in [2.05, 4.69) is 15.9 Å². The molecular formula is C13H20BrNO3. The summed E-state index contributed by atoms with van der Waals surface area (Å²) in [5.41, 5.74) is 6.67. The Hall–Kier alpha value is -0.780. The summed E-state index contributed by atoms with van der Waals surface area (Å²) in [7, 11) is 1.63. The van der Waals surface area contributed by atoms with Gasteiger partial charge in [-0.3, -0.25) is 0 Å². The Morgan fingerprint density at radius 2 is 2.06 bits per heavy atom. The van der Waals surface area contributed by atoms with Crippen molar-refractivity contribution in [2.75, 3.05) is 33.5 Å². The Morgan fingerprint density at radius 3 is 2.67 bits per heavy atom. The van der Waals surface area contributed by atoms with Gasteiger partial charge in [-0.2, -0.15) is 0 Å². The van der Waals surface area contributed by atoms with Crippen molar-refractivity contribution >= 4 is 15.9 Å². The van der Waals surface area contributed by atoms with Crippen molar-refractivity contribution in [3.8, 4) is 11.5 Å². The molecule has 0 spiro atoms. The Labute approximate surface area is 117 Å². The molecule has 0 bridgehead atoms. The number of benzene rings is 1. The molecule has 0 aliphatic heterocycles. The van der Waals surface area contributed by atoms with Gasteiger partial charge in [0.15, 0.2) is 11.5 Å². The first-order valence-corrected chi connectivity index (χ1v) is 6.79. The van der Waals surface area contributed by atoms with Gasteiger partial charge in [-0.25, -0.2) is 0 Å². The molecular weight excluding hydrogens is 298 g/mol. The van der Waals surface area contributed by atoms with Gasteiger partial charge in [-0.1, -0.05) is 0 Å². The van der Waals surface area contributed by atoms with Crippen molar-refractivity contribution in [1.29, 1.82) is 0 Å². The van der Waals surface area contributed by atoms with Crippen LogP contribution in [0.1, 0.15) is 12.5 Å². The second-order valence-corrected chi connectivity index (χ2v) is 4.55. The van der Waals surface area contributed by atoms with Crippen LogP contribution in [0.5, 0.6) is 11.5 Å². The molecule has 5 heteroatoms. The van der Waals surface area contributed by atoms with Crippen molar-refractivity contribution in [3.05, 3.63) is 22.2 Å². The molecule has 0 radical (unpaired) electrons. The third-order valence-electron chi connectivity index (χ3n) is 2.40. The summed E-state index contributed by atoms with van der Waals surface area (Å²) < 4.78 is 17.1. The van der Waals surface area contributed by atoms with Crippen molar-refractivity contribution in [3.63, 3.8) is 0 Å². The maximum atomic E-state index is 5.67. The summed E-state index contributed by atoms with van der Waals surface area (Å²) >= 11 is 3.49. The van der Waals surface area contributed by atoms with Crippen LogP contribution in [0.4, 0.5) is 0 Å². The Morgan fingerprint density at radius 1 is 1.28 bits per heavy atom. The third-order valence-corrected chi connectivity index (χ3v) is 2.99. The lowest BCUT2D eigenvalue weighted by Crippen LogP contribution is -2.08. The molecule has 2 N–H and O–H groups in total. The predicted octanol–water partition coefficient (Wildman–Crippen LogP) is 2.37. The maximum Gasteiger partial charge on any atom is 0.175 e. The Balaban J connectivity index is 2.76. The van der Waals surface area contributed by atoms with Gasteiger partial charge < -0.3 is 19.9 Å². The van der Waals surface area contributed by atoms with Gasteiger partial charge in [0.2, 0.25) is 0 Å². The second kappa shape index (κ2) is 8.34. The average molecular weight is 318 g/mol. The van der Waals surface area contributed by atoms with Gasteiger partial charge in [0, 0.05) is 6.61 Å². The lowest BCUT2D eigenvalue weighted by molar-refractivity contribution is 0.108. The van der Waals surface area contributed by atoms with Crippen molar-refractivity contribution in [1.82, 2.24) is 0 Å². The van der Waals surface area contributed by atoms with Crippen LogP contribution < -0.4 is 15.2 Å². The average Bonchev–Trinajstić information content (AvgIpc) is 2.36. The zero-order chi connectivity index (χ0) is 13.4. The molecule has 0 aliphatic rings. The minimum Gasteiger partial charge on any atom is -0.493 e. The molecule has 102 valence electrons. The summed E-state index contributed by atoms with van der Waals surface area (Å²) in [5, 5.41) is 0. The number of ether oxygens (including phenoxy) is 3. The topological polar surface area (TPSA) is 53.7 Å². The smallest absolute Gasteiger partial charge is 0.175 e. The first kappa shape index (κ1) is 15.3. The van der Waals surface area contributed by atoms with E-state index in [9.17, 15) is 0 Å². The van der Waals surface area contributed by atoms with E-state index in [0.717, 1.165) is 16.5 Å². The maximum absolute atomic E-state index is 5.67. The SMILES string of the molecule is CCOCCOc1c(Br)cc(CCN)cc1OC. The van der Waals surface area contributed by atoms with E-state index in [1.165, 1.54) is 0 Å². The van der Waals surface area contributed by atoms with Gasteiger partial charge in [-0.15, -0.1) is 0 Å². The molecule has 0 unspecified atom stereocenters. The highest BCUT2D eigenvalue weighted by Gasteiger charge is 2.11. The summed E-state index contributed by atoms with van der Waals surface area (Å²) in [4.78, 5) is 0. The number of hydrogen-bond acceptors (Lipinski definition) is 4. The lowest BCUT2D eigenvalue weighted by atomic mass is 10.1. The zero-order valence-corrected chi connectivity index (χ0v) is 12.5. The standard InChI is InChI=1S/C13H20BrNO3/c1-3-17-6-7-18-13-11(14)8-10(4-5-15)9-12(13)16-2/h8-9H,3-7,15H2,1-2H3. The molecule has 1 aromatic carbocycles. The molecule has 0 aliphatic carbocycles. The van der Waals surface area contributed by atoms with Crippen LogP contribution in [-0.4, -0.2) is 33.5 Å². The number of halogens is 1. The summed E-state index contributed by atoms with van der Waals surface area (Å²) in [5.74, 6) is 1.42. The highest BCUT2D eigenvalue weighted by Crippen LogP contribution is 2.36. The molecule has 4 nitrogen and oxygen atoms in total. The number of hydrogen-bond donors (Lipinski definition) is 1. The van der Waals surface area contributed by atoms with E-state index in [1.54, 1.807) is 7.11 Å². The van der Waals surface area contributed by atoms with E-state index in [1.807, 2.05) is 19.1 Å². The fourth-order valence-corrected chi connectivity index (χ4v) is 2.18. The van der Waals surface area contributed by atoms with E-state index in [-0.39, 0.29) is 0 Å². The first-order chi connectivity index (χ1) is 8.72. The van der Waals surface area contributed by atoms with Gasteiger partial charge in [0.05, 0.1) is 18.2 Å². The molecule has 1 aromatic rings. The monoisotopic (exact) mass is 317 g/mol. The molecule has 18 heavy (non-hydrogen) atoms. The van der Waals surface area contributed by atoms with E-state index in [4.69, 9.17) is 19.9 Å². The fraction of sp³-hybridized carbons (Fsp3) is 0.538. The van der Waals surface area contributed by atoms with Crippen molar-refractivity contribution < 1.29 is 14.2 Å². The molecule has 0 saturated carbocycles. The zero-order valence-electron chi connectivity index (χ0n) is 10.9. The predicted molar refractivity (Wildman–Crippen MR) is 75.4 cm³/mol. The minimum atomic E-state index is 0.499. The molecule has 0 aromatic heterocycles. The number of rotatable bonds is 8. The molecule has 0 atom stereocenters. The Kier molecular flexibility index (Phi) is 7.08. The van der Waals surface area contributed by atoms with Crippen LogP contribution in [0.15, 0.2) is 16.6 Å². The summed E-state index contributed by atoms with van der Waals surface area (Å²) in [6.45, 7) is 4.32. The number of nitrogens with two attached hydrogens (primary N) is 1. The second-order valence-electron chi connectivity index (χ2n) is 3.69. The highest BCUT2D eigenvalue weighted by molar-refractivity contribution is 9.10. The molecule has 0 fully saturated rings. The quantitative estimate of drug-likeness (QED) is 0.748. The van der Waals surface area contributed by atoms with Crippen LogP contribution in [-0.2, 0) is 11.2 Å². The van der Waals surface area contributed by atoms with Crippen LogP contribution in [0.25, 0.3) is 0 Å². The van der Waals surface area contributed by atoms with E-state index < -0.39 is 0 Å². The Bertz CT molecular complexity index is 371. The molecule has 0 heterocycles. The largest absolute Gasteiger partial charge is 0.493 e. The normalized spacial score (nSPS) is 10.4. The summed E-state index contributed by atoms with van der Waals surface area (Å²) in [6.07, 6.45) is 0.814. The molecule has 0 saturated heterocycles. The number of methoxy groups -OCH3 is 1. The van der Waals surface area contributed by atoms with E-state index >= 15 is 0 Å². The van der Waals surface area contributed by atoms with Gasteiger partial charge in [0.1, 0.15) is 6.61 Å². The molecule has 0 amide bonds.